The van der Waals surface area contributed by atoms with Gasteiger partial charge in [-0.15, -0.1) is 11.3 Å². The number of thiazole rings is 1. The van der Waals surface area contributed by atoms with E-state index >= 15 is 0 Å². The van der Waals surface area contributed by atoms with Gasteiger partial charge in [0.2, 0.25) is 0 Å². The number of carbonyl (C=O) groups excluding carboxylic acids is 11. The molecule has 7 aromatic rings. The molecule has 0 bridgehead atoms. The van der Waals surface area contributed by atoms with Crippen LogP contribution in [0.1, 0.15) is 236 Å². The van der Waals surface area contributed by atoms with Crippen LogP contribution in [0.3, 0.4) is 0 Å². The quantitative estimate of drug-likeness (QED) is 0.0112. The van der Waals surface area contributed by atoms with Gasteiger partial charge in [0.15, 0.2) is 22.3 Å². The van der Waals surface area contributed by atoms with Gasteiger partial charge in [0.05, 0.1) is 116 Å². The minimum Gasteiger partial charge on any atom is -0.497 e. The molecule has 11 rings (SSSR count). The third-order valence-electron chi connectivity index (χ3n) is 24.4. The van der Waals surface area contributed by atoms with Crippen LogP contribution in [0.15, 0.2) is 183 Å². The van der Waals surface area contributed by atoms with Crippen molar-refractivity contribution in [2.75, 3.05) is 95.0 Å². The number of ketones is 2. The molecule has 2 aromatic heterocycles. The first kappa shape index (κ1) is 117. The minimum atomic E-state index is -0.420. The van der Waals surface area contributed by atoms with Crippen LogP contribution < -0.4 is 33.2 Å². The summed E-state index contributed by atoms with van der Waals surface area (Å²) in [5.74, 6) is 2.95. The summed E-state index contributed by atoms with van der Waals surface area (Å²) in [6.45, 7) is 24.1. The standard InChI is InChI=1S/C33H33NO7S.C17H22O5.C16H22O4.C16H28O3.C15H24O5.C14H18O4/c1-18(35)20-7-11-22(12-8-20)32(37)40-26-15-16-27(41-33(38)23-13-9-21(10-14-23)19(2)36)30-29(26)34-31(42-30)28-17-24-5-3-4-6-25(24)39-28;1-3-16(18)21-12-6-4-5-7-13-22-17(19)14-8-10-15(20-2)11-9-14;1-3-16(17)20-13-7-5-4-6-12-19-15-10-8-14(18-2)9-11-15;1-3-16(17)19-13-7-5-4-6-8-14-9-11-15(18-2)12-10-14;1-3-14(16)19-10-4-5-11-20-15(17)12-6-8-13(18-2)9-7-12;1-3-14(15)18-11-5-4-10-17-13-8-6-12(16-2)7-9-13/h3-6,15-17,20-23H,7-14H2,1-2H3;3,8-11H,1,4-7,12-13H2,2H3;3,8-11H,1,4-7,12-13H2,2H3;3,14-15H,1,4-13H2,2H3;3,12-13H,1,4-11H2,2H3;3,6-9H,1,4-5,10-11H2,2H3. The lowest BCUT2D eigenvalue weighted by molar-refractivity contribution is -0.151. The molecule has 4 saturated carbocycles. The largest absolute Gasteiger partial charge is 0.497 e. The maximum Gasteiger partial charge on any atom is 0.338 e. The monoisotopic (exact) mass is 1970 g/mol. The van der Waals surface area contributed by atoms with Crippen molar-refractivity contribution in [3.05, 3.63) is 184 Å². The third-order valence-corrected chi connectivity index (χ3v) is 25.5. The number of nitrogens with zero attached hydrogens (tertiary/aromatic N) is 1. The second-order valence-electron chi connectivity index (χ2n) is 34.5. The number of hydrogen-bond donors (Lipinski definition) is 0. The van der Waals surface area contributed by atoms with Crippen molar-refractivity contribution in [2.45, 2.75) is 238 Å². The highest BCUT2D eigenvalue weighted by molar-refractivity contribution is 7.22. The van der Waals surface area contributed by atoms with E-state index in [2.05, 4.69) is 32.9 Å². The topological polar surface area (TPSA) is 361 Å². The summed E-state index contributed by atoms with van der Waals surface area (Å²) in [5, 5.41) is 1.51. The van der Waals surface area contributed by atoms with E-state index in [4.69, 9.17) is 85.2 Å². The minimum absolute atomic E-state index is 0.0112. The van der Waals surface area contributed by atoms with Crippen LogP contribution in [-0.4, -0.2) is 177 Å². The zero-order valence-corrected chi connectivity index (χ0v) is 84.3. The Labute approximate surface area is 834 Å². The van der Waals surface area contributed by atoms with E-state index in [1.54, 1.807) is 78.7 Å². The fourth-order valence-electron chi connectivity index (χ4n) is 15.9. The van der Waals surface area contributed by atoms with E-state index in [1.165, 1.54) is 68.4 Å². The number of methoxy groups -OCH3 is 5. The molecule has 4 fully saturated rings. The molecule has 0 spiro atoms. The molecule has 770 valence electrons. The second-order valence-corrected chi connectivity index (χ2v) is 35.5. The highest BCUT2D eigenvalue weighted by Crippen LogP contribution is 2.44. The Balaban J connectivity index is 0.000000270. The predicted octanol–water partition coefficient (Wildman–Crippen LogP) is 22.5. The van der Waals surface area contributed by atoms with E-state index in [-0.39, 0.29) is 82.9 Å². The van der Waals surface area contributed by atoms with E-state index in [9.17, 15) is 52.7 Å². The van der Waals surface area contributed by atoms with E-state index in [0.717, 1.165) is 161 Å². The van der Waals surface area contributed by atoms with Crippen molar-refractivity contribution in [2.24, 2.45) is 35.5 Å². The average Bonchev–Trinajstić information content (AvgIpc) is 1.61. The van der Waals surface area contributed by atoms with Gasteiger partial charge in [0.1, 0.15) is 56.1 Å². The Morgan fingerprint density at radius 2 is 0.688 bits per heavy atom. The number of para-hydroxylation sites is 1. The molecule has 4 aliphatic carbocycles. The van der Waals surface area contributed by atoms with Crippen LogP contribution >= 0.6 is 11.3 Å². The molecular weight excluding hydrogens is 1830 g/mol. The molecule has 5 aromatic carbocycles. The average molecular weight is 1980 g/mol. The SMILES string of the molecule is C=CC(=O)OCCCCCCC1CCC(OC)CC1.C=CC(=O)OCCCCCCOC(=O)c1ccc(OC)cc1.C=CC(=O)OCCCCCCOc1ccc(OC)cc1.C=CC(=O)OCCCCOC(=O)C1CCC(OC)CC1.C=CC(=O)OCCCCOc1ccc(OC)cc1.CC(=O)C1CCC(C(=O)Oc2ccc(OC(=O)C3CCC(C(C)=O)CC3)c3sc(-c4cc5ccccc5o4)nc23)CC1. The summed E-state index contributed by atoms with van der Waals surface area (Å²) in [4.78, 5) is 132. The maximum absolute atomic E-state index is 13.2. The zero-order valence-electron chi connectivity index (χ0n) is 83.5. The number of rotatable bonds is 52. The van der Waals surface area contributed by atoms with Crippen LogP contribution in [0.25, 0.3) is 32.0 Å². The molecule has 30 heteroatoms. The van der Waals surface area contributed by atoms with Gasteiger partial charge in [-0.25, -0.2) is 33.8 Å². The number of carbonyl (C=O) groups is 11. The first-order chi connectivity index (χ1) is 68.4. The summed E-state index contributed by atoms with van der Waals surface area (Å²) in [7, 11) is 8.38. The van der Waals surface area contributed by atoms with E-state index in [0.29, 0.717) is 180 Å². The number of ether oxygens (including phenoxy) is 16. The summed E-state index contributed by atoms with van der Waals surface area (Å²) in [6.07, 6.45) is 36.9. The van der Waals surface area contributed by atoms with E-state index in [1.807, 2.05) is 86.0 Å². The highest BCUT2D eigenvalue weighted by atomic mass is 32.1. The molecular formula is C111H147NO28S. The highest BCUT2D eigenvalue weighted by Gasteiger charge is 2.34. The summed E-state index contributed by atoms with van der Waals surface area (Å²) in [5.41, 5.74) is 1.66. The molecule has 0 unspecified atom stereocenters. The molecule has 141 heavy (non-hydrogen) atoms. The van der Waals surface area contributed by atoms with Gasteiger partial charge in [0.25, 0.3) is 0 Å². The van der Waals surface area contributed by atoms with Crippen LogP contribution in [0.5, 0.6) is 40.2 Å². The number of unbranched alkanes of at least 4 members (excludes halogenated alkanes) is 11. The first-order valence-corrected chi connectivity index (χ1v) is 50.1. The predicted molar refractivity (Wildman–Crippen MR) is 539 cm³/mol. The van der Waals surface area contributed by atoms with Crippen molar-refractivity contribution in [1.82, 2.24) is 4.98 Å². The fourth-order valence-corrected chi connectivity index (χ4v) is 16.9. The van der Waals surface area contributed by atoms with Gasteiger partial charge >= 0.3 is 53.7 Å². The molecule has 0 saturated heterocycles. The Hall–Kier alpha value is -12.3. The van der Waals surface area contributed by atoms with Gasteiger partial charge < -0.3 is 80.2 Å². The summed E-state index contributed by atoms with van der Waals surface area (Å²) < 4.78 is 90.2. The maximum atomic E-state index is 13.2. The van der Waals surface area contributed by atoms with Crippen molar-refractivity contribution in [3.63, 3.8) is 0 Å². The smallest absolute Gasteiger partial charge is 0.338 e. The molecule has 0 atom stereocenters. The van der Waals surface area contributed by atoms with Gasteiger partial charge in [-0.05, 0) is 303 Å². The van der Waals surface area contributed by atoms with Crippen molar-refractivity contribution in [3.8, 4) is 51.0 Å². The number of fused-ring (bicyclic) bond motifs is 2. The lowest BCUT2D eigenvalue weighted by Crippen LogP contribution is -2.28. The fraction of sp³-hybridized carbons (Fsp3) is 0.514. The Morgan fingerprint density at radius 1 is 0.355 bits per heavy atom. The van der Waals surface area contributed by atoms with Crippen LogP contribution in [0, 0.1) is 35.5 Å². The van der Waals surface area contributed by atoms with Gasteiger partial charge in [-0.1, -0.05) is 76.8 Å². The van der Waals surface area contributed by atoms with Crippen molar-refractivity contribution < 1.29 is 133 Å². The molecule has 29 nitrogen and oxygen atoms in total. The van der Waals surface area contributed by atoms with E-state index < -0.39 is 11.9 Å². The molecule has 0 amide bonds. The number of hydrogen-bond acceptors (Lipinski definition) is 30. The molecule has 0 aliphatic heterocycles. The van der Waals surface area contributed by atoms with Crippen LogP contribution in [0.4, 0.5) is 0 Å². The van der Waals surface area contributed by atoms with Gasteiger partial charge in [0, 0.05) is 61.8 Å². The number of aromatic nitrogens is 1. The molecule has 0 radical (unpaired) electrons. The molecule has 2 heterocycles. The number of furan rings is 1. The molecule has 0 N–H and O–H groups in total. The second kappa shape index (κ2) is 69.6. The Morgan fingerprint density at radius 3 is 1.09 bits per heavy atom. The van der Waals surface area contributed by atoms with Gasteiger partial charge in [-0.3, -0.25) is 24.0 Å². The Kier molecular flexibility index (Phi) is 57.9. The molecule has 4 aliphatic rings. The number of Topliss-reactive ketones (excluding diaryl/α,β-unsaturated/α-hetero) is 2. The third kappa shape index (κ3) is 46.8. The first-order valence-electron chi connectivity index (χ1n) is 49.3. The van der Waals surface area contributed by atoms with Crippen LogP contribution in [-0.2, 0) is 90.6 Å². The summed E-state index contributed by atoms with van der Waals surface area (Å²) in [6, 6.07) is 34.6. The summed E-state index contributed by atoms with van der Waals surface area (Å²) >= 11 is 1.31. The lowest BCUT2D eigenvalue weighted by atomic mass is 9.80. The normalized spacial score (nSPS) is 17.1. The number of benzene rings is 5. The van der Waals surface area contributed by atoms with Crippen molar-refractivity contribution >= 4 is 97.8 Å². The van der Waals surface area contributed by atoms with Crippen LogP contribution in [0.2, 0.25) is 0 Å². The van der Waals surface area contributed by atoms with Gasteiger partial charge in [-0.2, -0.15) is 0 Å². The number of esters is 9. The van der Waals surface area contributed by atoms with Crippen molar-refractivity contribution in [1.29, 1.82) is 0 Å². The zero-order chi connectivity index (χ0) is 102. The lowest BCUT2D eigenvalue weighted by Gasteiger charge is -2.27. The Bertz CT molecular complexity index is 4810.